The lowest BCUT2D eigenvalue weighted by molar-refractivity contribution is -0.122. The van der Waals surface area contributed by atoms with Crippen LogP contribution in [0.4, 0.5) is 0 Å². The number of rotatable bonds is 30. The van der Waals surface area contributed by atoms with Gasteiger partial charge in [0, 0.05) is 6.42 Å². The van der Waals surface area contributed by atoms with Crippen molar-refractivity contribution < 1.29 is 22.9 Å². The Morgan fingerprint density at radius 2 is 1.07 bits per heavy atom. The Morgan fingerprint density at radius 3 is 1.57 bits per heavy atom. The van der Waals surface area contributed by atoms with Crippen LogP contribution < -0.4 is 5.32 Å². The van der Waals surface area contributed by atoms with Gasteiger partial charge in [-0.05, 0) is 51.4 Å². The van der Waals surface area contributed by atoms with Crippen LogP contribution >= 0.6 is 0 Å². The topological polar surface area (TPSA) is 104 Å². The van der Waals surface area contributed by atoms with Crippen molar-refractivity contribution in [2.24, 2.45) is 0 Å². The molecule has 2 unspecified atom stereocenters. The van der Waals surface area contributed by atoms with Crippen LogP contribution in [0.1, 0.15) is 162 Å². The number of unbranched alkanes of at least 4 members (excludes halogenated alkanes) is 18. The van der Waals surface area contributed by atoms with E-state index < -0.39 is 28.0 Å². The summed E-state index contributed by atoms with van der Waals surface area (Å²) < 4.78 is 32.0. The Morgan fingerprint density at radius 1 is 0.643 bits per heavy atom. The molecule has 0 aliphatic heterocycles. The van der Waals surface area contributed by atoms with Gasteiger partial charge in [0.05, 0.1) is 17.9 Å². The fourth-order valence-electron chi connectivity index (χ4n) is 4.95. The van der Waals surface area contributed by atoms with Crippen LogP contribution in [0.2, 0.25) is 0 Å². The highest BCUT2D eigenvalue weighted by Gasteiger charge is 2.24. The lowest BCUT2D eigenvalue weighted by Crippen LogP contribution is -2.46. The summed E-state index contributed by atoms with van der Waals surface area (Å²) in [5, 5.41) is 13.0. The summed E-state index contributed by atoms with van der Waals surface area (Å²) >= 11 is 0. The van der Waals surface area contributed by atoms with Gasteiger partial charge in [-0.1, -0.05) is 140 Å². The van der Waals surface area contributed by atoms with Crippen LogP contribution in [0.5, 0.6) is 0 Å². The molecule has 0 aromatic carbocycles. The molecule has 0 fully saturated rings. The van der Waals surface area contributed by atoms with Crippen molar-refractivity contribution in [3.8, 4) is 0 Å². The molecule has 0 rings (SSSR count). The first-order chi connectivity index (χ1) is 20.3. The van der Waals surface area contributed by atoms with Gasteiger partial charge >= 0.3 is 0 Å². The number of carbonyl (C=O) groups excluding carboxylic acids is 1. The van der Waals surface area contributed by atoms with Crippen molar-refractivity contribution in [3.63, 3.8) is 0 Å². The second-order valence-corrected chi connectivity index (χ2v) is 13.3. The standard InChI is InChI=1S/C35H65NO5S/c1-3-5-7-9-11-12-13-14-15-16-17-18-19-20-21-22-23-24-25-27-29-31-35(38)36-33(32-42(39,40)41)34(37)30-28-26-10-8-6-4-2/h13-14,16-17,28,30,33-34,37H,3-12,15,18-27,29,31-32H2,1-2H3,(H,36,38)(H,39,40,41)/b14-13-,17-16-,30-28+. The van der Waals surface area contributed by atoms with Crippen LogP contribution in [0.3, 0.4) is 0 Å². The summed E-state index contributed by atoms with van der Waals surface area (Å²) in [6, 6.07) is -1.05. The number of hydrogen-bond donors (Lipinski definition) is 3. The Labute approximate surface area is 259 Å². The van der Waals surface area contributed by atoms with E-state index in [0.29, 0.717) is 0 Å². The molecular formula is C35H65NO5S. The van der Waals surface area contributed by atoms with Crippen molar-refractivity contribution in [1.29, 1.82) is 0 Å². The maximum Gasteiger partial charge on any atom is 0.267 e. The number of allylic oxidation sites excluding steroid dienone is 5. The summed E-state index contributed by atoms with van der Waals surface area (Å²) in [5.41, 5.74) is 0. The van der Waals surface area contributed by atoms with Crippen LogP contribution in [0.25, 0.3) is 0 Å². The first-order valence-electron chi connectivity index (χ1n) is 17.2. The Kier molecular flexibility index (Phi) is 28.6. The minimum absolute atomic E-state index is 0.289. The minimum atomic E-state index is -4.33. The Hall–Kier alpha value is -1.44. The lowest BCUT2D eigenvalue weighted by atomic mass is 10.1. The van der Waals surface area contributed by atoms with Gasteiger partial charge in [0.15, 0.2) is 0 Å². The molecule has 0 aromatic heterocycles. The molecule has 0 bridgehead atoms. The molecule has 2 atom stereocenters. The highest BCUT2D eigenvalue weighted by Crippen LogP contribution is 2.12. The van der Waals surface area contributed by atoms with E-state index >= 15 is 0 Å². The van der Waals surface area contributed by atoms with E-state index in [1.807, 2.05) is 6.08 Å². The maximum atomic E-state index is 12.4. The molecule has 7 heteroatoms. The average Bonchev–Trinajstić information content (AvgIpc) is 2.94. The second-order valence-electron chi connectivity index (χ2n) is 11.8. The Balaban J connectivity index is 3.83. The van der Waals surface area contributed by atoms with Gasteiger partial charge in [-0.25, -0.2) is 0 Å². The third kappa shape index (κ3) is 30.0. The predicted octanol–water partition coefficient (Wildman–Crippen LogP) is 9.40. The van der Waals surface area contributed by atoms with Crippen molar-refractivity contribution in [2.45, 2.75) is 174 Å². The average molecular weight is 612 g/mol. The third-order valence-electron chi connectivity index (χ3n) is 7.56. The zero-order valence-electron chi connectivity index (χ0n) is 27.1. The summed E-state index contributed by atoms with van der Waals surface area (Å²) in [7, 11) is -4.33. The first kappa shape index (κ1) is 40.6. The second kappa shape index (κ2) is 29.6. The molecule has 0 aliphatic carbocycles. The fraction of sp³-hybridized carbons (Fsp3) is 0.800. The zero-order chi connectivity index (χ0) is 31.2. The first-order valence-corrected chi connectivity index (χ1v) is 18.8. The van der Waals surface area contributed by atoms with E-state index in [2.05, 4.69) is 43.5 Å². The lowest BCUT2D eigenvalue weighted by Gasteiger charge is -2.21. The van der Waals surface area contributed by atoms with Gasteiger partial charge in [-0.3, -0.25) is 9.35 Å². The predicted molar refractivity (Wildman–Crippen MR) is 179 cm³/mol. The van der Waals surface area contributed by atoms with Crippen LogP contribution in [-0.4, -0.2) is 41.9 Å². The summed E-state index contributed by atoms with van der Waals surface area (Å²) in [4.78, 5) is 12.4. The van der Waals surface area contributed by atoms with E-state index in [0.717, 1.165) is 57.8 Å². The molecule has 42 heavy (non-hydrogen) atoms. The molecule has 0 spiro atoms. The third-order valence-corrected chi connectivity index (χ3v) is 8.34. The van der Waals surface area contributed by atoms with Crippen molar-refractivity contribution in [1.82, 2.24) is 5.32 Å². The van der Waals surface area contributed by atoms with Gasteiger partial charge in [0.25, 0.3) is 10.1 Å². The number of nitrogens with one attached hydrogen (secondary N) is 1. The molecule has 0 radical (unpaired) electrons. The largest absolute Gasteiger partial charge is 0.387 e. The van der Waals surface area contributed by atoms with Crippen LogP contribution in [0, 0.1) is 0 Å². The number of carbonyl (C=O) groups is 1. The van der Waals surface area contributed by atoms with Crippen molar-refractivity contribution in [2.75, 3.05) is 5.75 Å². The van der Waals surface area contributed by atoms with Gasteiger partial charge in [-0.15, -0.1) is 0 Å². The quantitative estimate of drug-likeness (QED) is 0.0426. The van der Waals surface area contributed by atoms with Crippen LogP contribution in [-0.2, 0) is 14.9 Å². The van der Waals surface area contributed by atoms with Gasteiger partial charge in [0.2, 0.25) is 5.91 Å². The molecule has 0 saturated heterocycles. The SMILES string of the molecule is CCCCCC/C=C/C(O)C(CS(=O)(=O)O)NC(=O)CCCCCCCCCCC/C=C\C/C=C\CCCCCCC. The number of amides is 1. The number of hydrogen-bond acceptors (Lipinski definition) is 4. The molecule has 0 aromatic rings. The number of aliphatic hydroxyl groups excluding tert-OH is 1. The van der Waals surface area contributed by atoms with Crippen molar-refractivity contribution in [3.05, 3.63) is 36.5 Å². The smallest absolute Gasteiger partial charge is 0.267 e. The van der Waals surface area contributed by atoms with Crippen molar-refractivity contribution >= 4 is 16.0 Å². The molecule has 246 valence electrons. The van der Waals surface area contributed by atoms with E-state index in [1.54, 1.807) is 0 Å². The maximum absolute atomic E-state index is 12.4. The molecule has 6 nitrogen and oxygen atoms in total. The molecule has 0 heterocycles. The highest BCUT2D eigenvalue weighted by atomic mass is 32.2. The molecule has 3 N–H and O–H groups in total. The van der Waals surface area contributed by atoms with E-state index in [9.17, 15) is 22.9 Å². The summed E-state index contributed by atoms with van der Waals surface area (Å²) in [6.45, 7) is 4.40. The Bertz CT molecular complexity index is 806. The van der Waals surface area contributed by atoms with E-state index in [-0.39, 0.29) is 12.3 Å². The van der Waals surface area contributed by atoms with E-state index in [1.165, 1.54) is 89.5 Å². The highest BCUT2D eigenvalue weighted by molar-refractivity contribution is 7.85. The number of aliphatic hydroxyl groups is 1. The molecule has 1 amide bonds. The summed E-state index contributed by atoms with van der Waals surface area (Å²) in [6.07, 6.45) is 37.3. The van der Waals surface area contributed by atoms with Gasteiger partial charge in [-0.2, -0.15) is 8.42 Å². The van der Waals surface area contributed by atoms with Crippen LogP contribution in [0.15, 0.2) is 36.5 Å². The molecule has 0 aliphatic rings. The summed E-state index contributed by atoms with van der Waals surface area (Å²) in [5.74, 6) is -0.991. The minimum Gasteiger partial charge on any atom is -0.387 e. The van der Waals surface area contributed by atoms with Gasteiger partial charge < -0.3 is 10.4 Å². The molecular weight excluding hydrogens is 546 g/mol. The fourth-order valence-corrected chi connectivity index (χ4v) is 5.68. The monoisotopic (exact) mass is 611 g/mol. The van der Waals surface area contributed by atoms with Gasteiger partial charge in [0.1, 0.15) is 0 Å². The van der Waals surface area contributed by atoms with E-state index in [4.69, 9.17) is 0 Å². The molecule has 0 saturated carbocycles. The normalized spacial score (nSPS) is 13.9. The zero-order valence-corrected chi connectivity index (χ0v) is 27.9.